The van der Waals surface area contributed by atoms with E-state index in [9.17, 15) is 0 Å². The zero-order chi connectivity index (χ0) is 12.5. The molecule has 0 spiro atoms. The zero-order valence-corrected chi connectivity index (χ0v) is 10.6. The highest BCUT2D eigenvalue weighted by molar-refractivity contribution is 5.53. The number of nitrogens with two attached hydrogens (primary N) is 1. The molecular formula is C13H19NO3. The van der Waals surface area contributed by atoms with Crippen molar-refractivity contribution in [3.8, 4) is 11.5 Å². The predicted octanol–water partition coefficient (Wildman–Crippen LogP) is 1.24. The maximum absolute atomic E-state index is 5.88. The van der Waals surface area contributed by atoms with Gasteiger partial charge in [-0.3, -0.25) is 0 Å². The van der Waals surface area contributed by atoms with Gasteiger partial charge in [-0.2, -0.15) is 0 Å². The summed E-state index contributed by atoms with van der Waals surface area (Å²) in [5.74, 6) is 1.69. The SMILES string of the molecule is COc1ccc(C2(CN)COC2)c(OC)c1C. The Morgan fingerprint density at radius 1 is 1.29 bits per heavy atom. The molecule has 1 aromatic rings. The molecule has 0 saturated carbocycles. The van der Waals surface area contributed by atoms with Gasteiger partial charge in [-0.1, -0.05) is 6.07 Å². The summed E-state index contributed by atoms with van der Waals surface area (Å²) in [5, 5.41) is 0. The molecule has 1 saturated heterocycles. The van der Waals surface area contributed by atoms with Crippen molar-refractivity contribution in [2.75, 3.05) is 34.0 Å². The van der Waals surface area contributed by atoms with Gasteiger partial charge in [0.2, 0.25) is 0 Å². The maximum Gasteiger partial charge on any atom is 0.129 e. The van der Waals surface area contributed by atoms with Gasteiger partial charge in [0.05, 0.1) is 32.8 Å². The molecular weight excluding hydrogens is 218 g/mol. The summed E-state index contributed by atoms with van der Waals surface area (Å²) in [5.41, 5.74) is 7.91. The molecule has 2 N–H and O–H groups in total. The van der Waals surface area contributed by atoms with Crippen molar-refractivity contribution in [3.63, 3.8) is 0 Å². The van der Waals surface area contributed by atoms with Crippen molar-refractivity contribution < 1.29 is 14.2 Å². The summed E-state index contributed by atoms with van der Waals surface area (Å²) in [7, 11) is 3.33. The van der Waals surface area contributed by atoms with Gasteiger partial charge in [0, 0.05) is 17.7 Å². The van der Waals surface area contributed by atoms with Crippen LogP contribution in [0.25, 0.3) is 0 Å². The predicted molar refractivity (Wildman–Crippen MR) is 65.8 cm³/mol. The fourth-order valence-electron chi connectivity index (χ4n) is 2.31. The van der Waals surface area contributed by atoms with E-state index in [0.29, 0.717) is 19.8 Å². The van der Waals surface area contributed by atoms with Crippen LogP contribution in [0.3, 0.4) is 0 Å². The maximum atomic E-state index is 5.88. The van der Waals surface area contributed by atoms with E-state index in [1.807, 2.05) is 19.1 Å². The minimum atomic E-state index is -0.0949. The third kappa shape index (κ3) is 1.77. The van der Waals surface area contributed by atoms with Gasteiger partial charge in [-0.15, -0.1) is 0 Å². The molecule has 0 radical (unpaired) electrons. The first-order valence-electron chi connectivity index (χ1n) is 5.68. The van der Waals surface area contributed by atoms with Crippen molar-refractivity contribution in [2.24, 2.45) is 5.73 Å². The van der Waals surface area contributed by atoms with E-state index >= 15 is 0 Å². The Bertz CT molecular complexity index is 408. The fourth-order valence-corrected chi connectivity index (χ4v) is 2.31. The molecule has 4 heteroatoms. The first-order chi connectivity index (χ1) is 8.18. The minimum absolute atomic E-state index is 0.0949. The largest absolute Gasteiger partial charge is 0.496 e. The van der Waals surface area contributed by atoms with Crippen LogP contribution in [0, 0.1) is 6.92 Å². The van der Waals surface area contributed by atoms with E-state index in [2.05, 4.69) is 0 Å². The highest BCUT2D eigenvalue weighted by Crippen LogP contribution is 2.41. The third-order valence-corrected chi connectivity index (χ3v) is 3.50. The lowest BCUT2D eigenvalue weighted by Gasteiger charge is -2.41. The molecule has 4 nitrogen and oxygen atoms in total. The molecule has 1 aliphatic rings. The lowest BCUT2D eigenvalue weighted by atomic mass is 9.77. The van der Waals surface area contributed by atoms with Crippen LogP contribution in [0.1, 0.15) is 11.1 Å². The van der Waals surface area contributed by atoms with Crippen LogP contribution in [0.5, 0.6) is 11.5 Å². The number of methoxy groups -OCH3 is 2. The molecule has 0 bridgehead atoms. The van der Waals surface area contributed by atoms with Gasteiger partial charge in [-0.05, 0) is 13.0 Å². The molecule has 0 aliphatic carbocycles. The van der Waals surface area contributed by atoms with Gasteiger partial charge in [0.1, 0.15) is 11.5 Å². The summed E-state index contributed by atoms with van der Waals surface area (Å²) < 4.78 is 16.1. The second-order valence-electron chi connectivity index (χ2n) is 4.45. The second-order valence-corrected chi connectivity index (χ2v) is 4.45. The van der Waals surface area contributed by atoms with Crippen molar-refractivity contribution in [2.45, 2.75) is 12.3 Å². The third-order valence-electron chi connectivity index (χ3n) is 3.50. The van der Waals surface area contributed by atoms with E-state index in [-0.39, 0.29) is 5.41 Å². The van der Waals surface area contributed by atoms with Crippen molar-refractivity contribution in [1.29, 1.82) is 0 Å². The summed E-state index contributed by atoms with van der Waals surface area (Å²) in [6.07, 6.45) is 0. The van der Waals surface area contributed by atoms with Gasteiger partial charge in [-0.25, -0.2) is 0 Å². The molecule has 1 aromatic carbocycles. The molecule has 0 atom stereocenters. The fraction of sp³-hybridized carbons (Fsp3) is 0.538. The zero-order valence-electron chi connectivity index (χ0n) is 10.6. The summed E-state index contributed by atoms with van der Waals surface area (Å²) in [6.45, 7) is 3.87. The first-order valence-corrected chi connectivity index (χ1v) is 5.68. The lowest BCUT2D eigenvalue weighted by Crippen LogP contribution is -2.52. The Labute approximate surface area is 102 Å². The normalized spacial score (nSPS) is 17.4. The van der Waals surface area contributed by atoms with Gasteiger partial charge >= 0.3 is 0 Å². The van der Waals surface area contributed by atoms with Crippen LogP contribution in [0.4, 0.5) is 0 Å². The number of ether oxygens (including phenoxy) is 3. The van der Waals surface area contributed by atoms with Gasteiger partial charge in [0.15, 0.2) is 0 Å². The van der Waals surface area contributed by atoms with Crippen LogP contribution in [0.15, 0.2) is 12.1 Å². The Kier molecular flexibility index (Phi) is 3.26. The summed E-state index contributed by atoms with van der Waals surface area (Å²) >= 11 is 0. The average Bonchev–Trinajstić information content (AvgIpc) is 2.29. The molecule has 0 aromatic heterocycles. The van der Waals surface area contributed by atoms with Crippen molar-refractivity contribution in [3.05, 3.63) is 23.3 Å². The monoisotopic (exact) mass is 237 g/mol. The summed E-state index contributed by atoms with van der Waals surface area (Å²) in [6, 6.07) is 3.99. The average molecular weight is 237 g/mol. The quantitative estimate of drug-likeness (QED) is 0.856. The highest BCUT2D eigenvalue weighted by atomic mass is 16.5. The number of rotatable bonds is 4. The van der Waals surface area contributed by atoms with Gasteiger partial charge in [0.25, 0.3) is 0 Å². The van der Waals surface area contributed by atoms with E-state index in [1.165, 1.54) is 0 Å². The van der Waals surface area contributed by atoms with Crippen LogP contribution in [-0.4, -0.2) is 34.0 Å². The van der Waals surface area contributed by atoms with E-state index in [0.717, 1.165) is 22.6 Å². The Morgan fingerprint density at radius 3 is 2.41 bits per heavy atom. The van der Waals surface area contributed by atoms with Crippen molar-refractivity contribution in [1.82, 2.24) is 0 Å². The molecule has 0 amide bonds. The van der Waals surface area contributed by atoms with E-state index in [1.54, 1.807) is 14.2 Å². The van der Waals surface area contributed by atoms with Crippen molar-refractivity contribution >= 4 is 0 Å². The van der Waals surface area contributed by atoms with Crippen LogP contribution < -0.4 is 15.2 Å². The smallest absolute Gasteiger partial charge is 0.129 e. The molecule has 2 rings (SSSR count). The van der Waals surface area contributed by atoms with E-state index < -0.39 is 0 Å². The molecule has 17 heavy (non-hydrogen) atoms. The lowest BCUT2D eigenvalue weighted by molar-refractivity contribution is -0.0559. The first kappa shape index (κ1) is 12.2. The minimum Gasteiger partial charge on any atom is -0.496 e. The van der Waals surface area contributed by atoms with E-state index in [4.69, 9.17) is 19.9 Å². The Balaban J connectivity index is 2.51. The standard InChI is InChI=1S/C13H19NO3/c1-9-11(15-2)5-4-10(12(9)16-3)13(6-14)7-17-8-13/h4-5H,6-8,14H2,1-3H3. The van der Waals surface area contributed by atoms with Crippen LogP contribution in [-0.2, 0) is 10.2 Å². The number of benzene rings is 1. The van der Waals surface area contributed by atoms with Crippen LogP contribution in [0.2, 0.25) is 0 Å². The van der Waals surface area contributed by atoms with Crippen LogP contribution >= 0.6 is 0 Å². The molecule has 1 fully saturated rings. The topological polar surface area (TPSA) is 53.7 Å². The highest BCUT2D eigenvalue weighted by Gasteiger charge is 2.41. The number of hydrogen-bond donors (Lipinski definition) is 1. The molecule has 0 unspecified atom stereocenters. The Morgan fingerprint density at radius 2 is 2.00 bits per heavy atom. The molecule has 1 heterocycles. The Hall–Kier alpha value is -1.26. The second kappa shape index (κ2) is 4.55. The summed E-state index contributed by atoms with van der Waals surface area (Å²) in [4.78, 5) is 0. The molecule has 94 valence electrons. The number of hydrogen-bond acceptors (Lipinski definition) is 4. The molecule has 1 aliphatic heterocycles. The van der Waals surface area contributed by atoms with Gasteiger partial charge < -0.3 is 19.9 Å².